The van der Waals surface area contributed by atoms with Crippen LogP contribution in [0.15, 0.2) is 24.4 Å². The lowest BCUT2D eigenvalue weighted by molar-refractivity contribution is -0.152. The normalized spacial score (nSPS) is 18.1. The van der Waals surface area contributed by atoms with Crippen molar-refractivity contribution < 1.29 is 14.6 Å². The quantitative estimate of drug-likeness (QED) is 0.339. The number of aryl methyl sites for hydroxylation is 1. The second kappa shape index (κ2) is 14.1. The van der Waals surface area contributed by atoms with Gasteiger partial charge < -0.3 is 14.7 Å². The molecule has 2 aliphatic rings. The summed E-state index contributed by atoms with van der Waals surface area (Å²) in [6.07, 6.45) is 10.9. The van der Waals surface area contributed by atoms with Gasteiger partial charge in [0.05, 0.1) is 23.1 Å². The number of hydrogen-bond acceptors (Lipinski definition) is 5. The first-order valence-corrected chi connectivity index (χ1v) is 13.6. The molecule has 9 heteroatoms. The average molecular weight is 564 g/mol. The Kier molecular flexibility index (Phi) is 12.2. The number of nitrogens with zero attached hydrogens (tertiary/aromatic N) is 2. The highest BCUT2D eigenvalue weighted by Gasteiger charge is 2.40. The molecule has 0 bridgehead atoms. The van der Waals surface area contributed by atoms with Crippen molar-refractivity contribution in [2.45, 2.75) is 63.0 Å². The summed E-state index contributed by atoms with van der Waals surface area (Å²) >= 11 is 8.62. The number of carbonyl (C=O) groups is 1. The van der Waals surface area contributed by atoms with E-state index in [4.69, 9.17) is 16.3 Å². The van der Waals surface area contributed by atoms with E-state index in [1.807, 2.05) is 18.2 Å². The summed E-state index contributed by atoms with van der Waals surface area (Å²) in [7, 11) is 1.65. The van der Waals surface area contributed by atoms with Crippen molar-refractivity contribution in [2.75, 3.05) is 32.5 Å². The molecule has 1 aromatic heterocycles. The topological polar surface area (TPSA) is 62.7 Å². The van der Waals surface area contributed by atoms with E-state index >= 15 is 0 Å². The van der Waals surface area contributed by atoms with E-state index in [2.05, 4.69) is 21.6 Å². The van der Waals surface area contributed by atoms with Crippen molar-refractivity contribution in [3.63, 3.8) is 0 Å². The van der Waals surface area contributed by atoms with Gasteiger partial charge in [0.2, 0.25) is 0 Å². The smallest absolute Gasteiger partial charge is 0.309 e. The zero-order valence-electron chi connectivity index (χ0n) is 20.3. The van der Waals surface area contributed by atoms with Crippen LogP contribution in [0.25, 0.3) is 10.9 Å². The number of ether oxygens (including phenoxy) is 1. The summed E-state index contributed by atoms with van der Waals surface area (Å²) in [5, 5.41) is 12.6. The lowest BCUT2D eigenvalue weighted by atomic mass is 9.74. The number of fused-ring (bicyclic) bond motifs is 1. The lowest BCUT2D eigenvalue weighted by Gasteiger charge is -2.39. The molecule has 196 valence electrons. The first-order chi connectivity index (χ1) is 16.0. The number of piperidine rings is 1. The third-order valence-electron chi connectivity index (χ3n) is 7.55. The molecule has 1 saturated carbocycles. The monoisotopic (exact) mass is 562 g/mol. The van der Waals surface area contributed by atoms with Crippen molar-refractivity contribution in [3.05, 3.63) is 35.0 Å². The van der Waals surface area contributed by atoms with Gasteiger partial charge in [0, 0.05) is 29.1 Å². The molecule has 4 rings (SSSR count). The second-order valence-corrected chi connectivity index (χ2v) is 11.3. The number of thioether (sulfide) groups is 1. The van der Waals surface area contributed by atoms with E-state index in [0.717, 1.165) is 72.8 Å². The zero-order valence-corrected chi connectivity index (χ0v) is 23.5. The highest BCUT2D eigenvalue weighted by atomic mass is 35.5. The maximum Gasteiger partial charge on any atom is 0.309 e. The highest BCUT2D eigenvalue weighted by molar-refractivity contribution is 7.99. The molecular formula is C26H37Cl3N2O3S. The Morgan fingerprint density at radius 3 is 2.63 bits per heavy atom. The standard InChI is InChI=1S/C26H35ClN2O3S.2ClH/c1-32-19-8-9-24-22(17-19)21(23(27)18-28-24)7-4-10-26(25(30)31)11-13-29(14-12-26)15-16-33-20-5-2-3-6-20;;/h8-9,17-18,20H,2-7,10-16H2,1H3,(H,30,31);2*1H. The van der Waals surface area contributed by atoms with Crippen LogP contribution in [0.4, 0.5) is 0 Å². The number of aromatic nitrogens is 1. The molecule has 35 heavy (non-hydrogen) atoms. The number of halogens is 3. The number of likely N-dealkylation sites (tertiary alicyclic amines) is 1. The van der Waals surface area contributed by atoms with Gasteiger partial charge in [0.15, 0.2) is 0 Å². The molecule has 1 aliphatic heterocycles. The Morgan fingerprint density at radius 1 is 1.26 bits per heavy atom. The molecule has 1 saturated heterocycles. The Hall–Kier alpha value is -0.920. The Balaban J connectivity index is 0.00000216. The molecule has 1 N–H and O–H groups in total. The fourth-order valence-corrected chi connectivity index (χ4v) is 6.97. The van der Waals surface area contributed by atoms with E-state index in [1.165, 1.54) is 31.4 Å². The Morgan fingerprint density at radius 2 is 1.97 bits per heavy atom. The first kappa shape index (κ1) is 30.3. The summed E-state index contributed by atoms with van der Waals surface area (Å²) in [4.78, 5) is 19.2. The maximum absolute atomic E-state index is 12.3. The Labute approximate surface area is 230 Å². The van der Waals surface area contributed by atoms with E-state index in [0.29, 0.717) is 11.4 Å². The largest absolute Gasteiger partial charge is 0.497 e. The van der Waals surface area contributed by atoms with Crippen LogP contribution < -0.4 is 4.74 Å². The molecule has 2 aromatic rings. The van der Waals surface area contributed by atoms with Crippen molar-refractivity contribution >= 4 is 65.0 Å². The minimum absolute atomic E-state index is 0. The van der Waals surface area contributed by atoms with Gasteiger partial charge in [-0.2, -0.15) is 11.8 Å². The minimum atomic E-state index is -0.644. The van der Waals surface area contributed by atoms with Crippen LogP contribution in [0.1, 0.15) is 56.9 Å². The van der Waals surface area contributed by atoms with E-state index < -0.39 is 11.4 Å². The first-order valence-electron chi connectivity index (χ1n) is 12.2. The summed E-state index contributed by atoms with van der Waals surface area (Å²) in [6, 6.07) is 5.80. The number of methoxy groups -OCH3 is 1. The van der Waals surface area contributed by atoms with E-state index in [9.17, 15) is 9.90 Å². The second-order valence-electron chi connectivity index (χ2n) is 9.53. The van der Waals surface area contributed by atoms with Crippen LogP contribution in [0.3, 0.4) is 0 Å². The number of pyridine rings is 1. The summed E-state index contributed by atoms with van der Waals surface area (Å²) < 4.78 is 5.38. The highest BCUT2D eigenvalue weighted by Crippen LogP contribution is 2.38. The SMILES string of the molecule is COc1ccc2ncc(Cl)c(CCCC3(C(=O)O)CCN(CCSC4CCCC4)CC3)c2c1.Cl.Cl. The molecule has 0 amide bonds. The van der Waals surface area contributed by atoms with Gasteiger partial charge in [-0.25, -0.2) is 0 Å². The number of aliphatic carboxylic acids is 1. The average Bonchev–Trinajstić information content (AvgIpc) is 3.34. The number of carboxylic acids is 1. The molecule has 5 nitrogen and oxygen atoms in total. The minimum Gasteiger partial charge on any atom is -0.497 e. The molecule has 2 fully saturated rings. The molecule has 1 aliphatic carbocycles. The van der Waals surface area contributed by atoms with Crippen LogP contribution in [-0.4, -0.2) is 58.7 Å². The van der Waals surface area contributed by atoms with Gasteiger partial charge in [-0.05, 0) is 81.8 Å². The van der Waals surface area contributed by atoms with Gasteiger partial charge in [-0.15, -0.1) is 24.8 Å². The molecule has 1 aromatic carbocycles. The van der Waals surface area contributed by atoms with Gasteiger partial charge in [-0.1, -0.05) is 24.4 Å². The predicted octanol–water partition coefficient (Wildman–Crippen LogP) is 6.91. The lowest BCUT2D eigenvalue weighted by Crippen LogP contribution is -2.45. The summed E-state index contributed by atoms with van der Waals surface area (Å²) in [6.45, 7) is 2.85. The summed E-state index contributed by atoms with van der Waals surface area (Å²) in [5.74, 6) is 1.30. The molecular weight excluding hydrogens is 527 g/mol. The van der Waals surface area contributed by atoms with Crippen molar-refractivity contribution in [3.8, 4) is 5.75 Å². The van der Waals surface area contributed by atoms with Crippen molar-refractivity contribution in [1.29, 1.82) is 0 Å². The number of rotatable bonds is 10. The maximum atomic E-state index is 12.3. The van der Waals surface area contributed by atoms with Crippen molar-refractivity contribution in [1.82, 2.24) is 9.88 Å². The number of benzene rings is 1. The molecule has 0 unspecified atom stereocenters. The fourth-order valence-electron chi connectivity index (χ4n) is 5.37. The van der Waals surface area contributed by atoms with Crippen LogP contribution in [0.2, 0.25) is 5.02 Å². The van der Waals surface area contributed by atoms with Gasteiger partial charge >= 0.3 is 5.97 Å². The predicted molar refractivity (Wildman–Crippen MR) is 151 cm³/mol. The zero-order chi connectivity index (χ0) is 23.3. The van der Waals surface area contributed by atoms with Gasteiger partial charge in [0.1, 0.15) is 5.75 Å². The van der Waals surface area contributed by atoms with Crippen molar-refractivity contribution in [2.24, 2.45) is 5.41 Å². The molecule has 0 radical (unpaired) electrons. The fraction of sp³-hybridized carbons (Fsp3) is 0.615. The number of carboxylic acid groups (broad SMARTS) is 1. The van der Waals surface area contributed by atoms with Gasteiger partial charge in [-0.3, -0.25) is 9.78 Å². The third kappa shape index (κ3) is 7.54. The van der Waals surface area contributed by atoms with Gasteiger partial charge in [0.25, 0.3) is 0 Å². The molecule has 0 spiro atoms. The van der Waals surface area contributed by atoms with E-state index in [-0.39, 0.29) is 24.8 Å². The number of hydrogen-bond donors (Lipinski definition) is 1. The Bertz CT molecular complexity index is 964. The van der Waals surface area contributed by atoms with E-state index in [1.54, 1.807) is 13.3 Å². The summed E-state index contributed by atoms with van der Waals surface area (Å²) in [5.41, 5.74) is 1.29. The van der Waals surface area contributed by atoms with Crippen LogP contribution >= 0.6 is 48.2 Å². The van der Waals surface area contributed by atoms with Crippen LogP contribution in [0.5, 0.6) is 5.75 Å². The van der Waals surface area contributed by atoms with Crippen LogP contribution in [-0.2, 0) is 11.2 Å². The third-order valence-corrected chi connectivity index (χ3v) is 9.23. The molecule has 2 heterocycles. The van der Waals surface area contributed by atoms with Crippen LogP contribution in [0, 0.1) is 5.41 Å². The molecule has 0 atom stereocenters.